The van der Waals surface area contributed by atoms with Gasteiger partial charge in [0.25, 0.3) is 0 Å². The summed E-state index contributed by atoms with van der Waals surface area (Å²) < 4.78 is 36.5. The van der Waals surface area contributed by atoms with E-state index in [0.717, 1.165) is 45.9 Å². The van der Waals surface area contributed by atoms with Crippen molar-refractivity contribution >= 4 is 9.84 Å². The van der Waals surface area contributed by atoms with Crippen molar-refractivity contribution in [2.24, 2.45) is 0 Å². The molecule has 0 radical (unpaired) electrons. The lowest BCUT2D eigenvalue weighted by Crippen LogP contribution is -2.53. The van der Waals surface area contributed by atoms with Gasteiger partial charge in [-0.2, -0.15) is 0 Å². The summed E-state index contributed by atoms with van der Waals surface area (Å²) in [5, 5.41) is 0. The van der Waals surface area contributed by atoms with Crippen LogP contribution in [0.1, 0.15) is 0 Å². The van der Waals surface area contributed by atoms with Gasteiger partial charge in [-0.1, -0.05) is 18.2 Å². The minimum Gasteiger partial charge on any atom is -0.379 e. The number of hydrogen-bond acceptors (Lipinski definition) is 6. The first kappa shape index (κ1) is 17.8. The van der Waals surface area contributed by atoms with Crippen LogP contribution >= 0.6 is 0 Å². The largest absolute Gasteiger partial charge is 0.379 e. The Morgan fingerprint density at radius 1 is 0.917 bits per heavy atom. The van der Waals surface area contributed by atoms with Gasteiger partial charge >= 0.3 is 0 Å². The first-order valence-corrected chi connectivity index (χ1v) is 10.2. The number of hydrogen-bond donors (Lipinski definition) is 0. The summed E-state index contributed by atoms with van der Waals surface area (Å²) >= 11 is 0. The normalized spacial score (nSPS) is 22.3. The van der Waals surface area contributed by atoms with Crippen LogP contribution in [0.15, 0.2) is 35.2 Å². The topological polar surface area (TPSA) is 59.1 Å². The van der Waals surface area contributed by atoms with E-state index in [1.54, 1.807) is 24.3 Å². The van der Waals surface area contributed by atoms with Crippen molar-refractivity contribution in [1.29, 1.82) is 0 Å². The molecule has 1 aromatic carbocycles. The van der Waals surface area contributed by atoms with Gasteiger partial charge in [0.1, 0.15) is 0 Å². The number of rotatable bonds is 6. The van der Waals surface area contributed by atoms with Gasteiger partial charge in [-0.05, 0) is 12.1 Å². The quantitative estimate of drug-likeness (QED) is 0.741. The smallest absolute Gasteiger partial charge is 0.179 e. The van der Waals surface area contributed by atoms with Gasteiger partial charge in [-0.15, -0.1) is 0 Å². The highest BCUT2D eigenvalue weighted by Gasteiger charge is 2.29. The zero-order valence-electron chi connectivity index (χ0n) is 14.0. The first-order chi connectivity index (χ1) is 11.6. The van der Waals surface area contributed by atoms with Crippen LogP contribution in [0.4, 0.5) is 0 Å². The van der Waals surface area contributed by atoms with E-state index in [1.807, 2.05) is 6.07 Å². The Labute approximate surface area is 144 Å². The van der Waals surface area contributed by atoms with Crippen LogP contribution in [0.3, 0.4) is 0 Å². The standard InChI is InChI=1S/C17H26N2O4S/c20-24(21,17-4-2-1-3-5-17)15-16(19-8-12-23-13-9-19)14-18-6-10-22-11-7-18/h1-5,16H,6-15H2/t16-/m1/s1. The fourth-order valence-corrected chi connectivity index (χ4v) is 4.86. The SMILES string of the molecule is O=S(=O)(C[C@@H](CN1CCOCC1)N1CCOCC1)c1ccccc1. The summed E-state index contributed by atoms with van der Waals surface area (Å²) in [5.41, 5.74) is 0. The second kappa shape index (κ2) is 8.40. The number of morpholine rings is 2. The molecule has 1 aromatic rings. The van der Waals surface area contributed by atoms with Gasteiger partial charge in [-0.25, -0.2) is 8.42 Å². The van der Waals surface area contributed by atoms with Crippen molar-refractivity contribution in [3.63, 3.8) is 0 Å². The molecule has 2 fully saturated rings. The Morgan fingerprint density at radius 2 is 1.50 bits per heavy atom. The van der Waals surface area contributed by atoms with E-state index in [9.17, 15) is 8.42 Å². The maximum absolute atomic E-state index is 12.8. The summed E-state index contributed by atoms with van der Waals surface area (Å²) in [5.74, 6) is 0.147. The van der Waals surface area contributed by atoms with Crippen LogP contribution in [0.25, 0.3) is 0 Å². The van der Waals surface area contributed by atoms with E-state index < -0.39 is 9.84 Å². The molecule has 2 aliphatic rings. The van der Waals surface area contributed by atoms with Crippen molar-refractivity contribution in [1.82, 2.24) is 9.80 Å². The summed E-state index contributed by atoms with van der Waals surface area (Å²) in [6, 6.07) is 8.74. The third-order valence-electron chi connectivity index (χ3n) is 4.65. The lowest BCUT2D eigenvalue weighted by molar-refractivity contribution is -0.00459. The molecule has 2 aliphatic heterocycles. The molecule has 0 amide bonds. The van der Waals surface area contributed by atoms with Crippen molar-refractivity contribution in [2.45, 2.75) is 10.9 Å². The Balaban J connectivity index is 1.73. The lowest BCUT2D eigenvalue weighted by Gasteiger charge is -2.38. The average molecular weight is 354 g/mol. The minimum absolute atomic E-state index is 0.0165. The number of nitrogens with zero attached hydrogens (tertiary/aromatic N) is 2. The molecule has 0 bridgehead atoms. The highest BCUT2D eigenvalue weighted by atomic mass is 32.2. The maximum Gasteiger partial charge on any atom is 0.179 e. The Morgan fingerprint density at radius 3 is 2.12 bits per heavy atom. The summed E-state index contributed by atoms with van der Waals surface area (Å²) in [6.45, 7) is 6.87. The third kappa shape index (κ3) is 4.77. The first-order valence-electron chi connectivity index (χ1n) is 8.55. The van der Waals surface area contributed by atoms with Gasteiger partial charge < -0.3 is 9.47 Å². The molecule has 134 valence electrons. The van der Waals surface area contributed by atoms with Gasteiger partial charge in [0.2, 0.25) is 0 Å². The summed E-state index contributed by atoms with van der Waals surface area (Å²) in [7, 11) is -3.30. The molecule has 3 rings (SSSR count). The highest BCUT2D eigenvalue weighted by Crippen LogP contribution is 2.16. The number of ether oxygens (including phenoxy) is 2. The van der Waals surface area contributed by atoms with Gasteiger partial charge in [0.15, 0.2) is 9.84 Å². The van der Waals surface area contributed by atoms with Crippen LogP contribution in [0.5, 0.6) is 0 Å². The molecule has 0 aromatic heterocycles. The van der Waals surface area contributed by atoms with Crippen LogP contribution in [0.2, 0.25) is 0 Å². The molecule has 0 N–H and O–H groups in total. The zero-order valence-corrected chi connectivity index (χ0v) is 14.8. The Kier molecular flexibility index (Phi) is 6.24. The van der Waals surface area contributed by atoms with Crippen molar-refractivity contribution in [2.75, 3.05) is 64.9 Å². The molecule has 1 atom stereocenters. The highest BCUT2D eigenvalue weighted by molar-refractivity contribution is 7.91. The van der Waals surface area contributed by atoms with Crippen LogP contribution in [-0.4, -0.2) is 89.2 Å². The van der Waals surface area contributed by atoms with Crippen LogP contribution in [0, 0.1) is 0 Å². The third-order valence-corrected chi connectivity index (χ3v) is 6.46. The fourth-order valence-electron chi connectivity index (χ4n) is 3.28. The molecular formula is C17H26N2O4S. The van der Waals surface area contributed by atoms with Gasteiger partial charge in [0, 0.05) is 38.8 Å². The molecular weight excluding hydrogens is 328 g/mol. The predicted molar refractivity (Wildman–Crippen MR) is 91.9 cm³/mol. The molecule has 24 heavy (non-hydrogen) atoms. The molecule has 0 spiro atoms. The van der Waals surface area contributed by atoms with Crippen molar-refractivity contribution in [3.8, 4) is 0 Å². The van der Waals surface area contributed by atoms with Crippen LogP contribution in [-0.2, 0) is 19.3 Å². The van der Waals surface area contributed by atoms with Crippen molar-refractivity contribution in [3.05, 3.63) is 30.3 Å². The van der Waals surface area contributed by atoms with Gasteiger partial charge in [0.05, 0.1) is 37.1 Å². The molecule has 2 heterocycles. The minimum atomic E-state index is -3.30. The maximum atomic E-state index is 12.8. The molecule has 2 saturated heterocycles. The summed E-state index contributed by atoms with van der Waals surface area (Å²) in [6.07, 6.45) is 0. The zero-order chi connectivity index (χ0) is 16.8. The Hall–Kier alpha value is -0.990. The van der Waals surface area contributed by atoms with E-state index in [1.165, 1.54) is 0 Å². The molecule has 7 heteroatoms. The Bertz CT molecular complexity index is 596. The van der Waals surface area contributed by atoms with E-state index in [2.05, 4.69) is 9.80 Å². The van der Waals surface area contributed by atoms with E-state index in [4.69, 9.17) is 9.47 Å². The molecule has 6 nitrogen and oxygen atoms in total. The fraction of sp³-hybridized carbons (Fsp3) is 0.647. The molecule has 0 unspecified atom stereocenters. The second-order valence-electron chi connectivity index (χ2n) is 6.31. The second-order valence-corrected chi connectivity index (χ2v) is 8.34. The predicted octanol–water partition coefficient (Wildman–Crippen LogP) is 0.493. The number of benzene rings is 1. The van der Waals surface area contributed by atoms with E-state index in [0.29, 0.717) is 18.1 Å². The molecule has 0 saturated carbocycles. The van der Waals surface area contributed by atoms with E-state index >= 15 is 0 Å². The summed E-state index contributed by atoms with van der Waals surface area (Å²) in [4.78, 5) is 4.98. The van der Waals surface area contributed by atoms with Crippen molar-refractivity contribution < 1.29 is 17.9 Å². The van der Waals surface area contributed by atoms with Crippen LogP contribution < -0.4 is 0 Å². The lowest BCUT2D eigenvalue weighted by atomic mass is 10.2. The average Bonchev–Trinajstić information content (AvgIpc) is 2.63. The molecule has 0 aliphatic carbocycles. The van der Waals surface area contributed by atoms with E-state index in [-0.39, 0.29) is 11.8 Å². The monoisotopic (exact) mass is 354 g/mol. The number of sulfone groups is 1. The van der Waals surface area contributed by atoms with Gasteiger partial charge in [-0.3, -0.25) is 9.80 Å².